The molecule has 0 saturated carbocycles. The molecule has 0 radical (unpaired) electrons. The fourth-order valence-electron chi connectivity index (χ4n) is 4.65. The molecule has 1 unspecified atom stereocenters. The highest BCUT2D eigenvalue weighted by Crippen LogP contribution is 2.30. The molecule has 1 fully saturated rings. The third-order valence-corrected chi connectivity index (χ3v) is 8.63. The Bertz CT molecular complexity index is 1150. The summed E-state index contributed by atoms with van der Waals surface area (Å²) in [5.41, 5.74) is 4.05. The van der Waals surface area contributed by atoms with Crippen LogP contribution in [0, 0.1) is 13.8 Å². The van der Waals surface area contributed by atoms with Gasteiger partial charge in [0.25, 0.3) is 0 Å². The minimum Gasteiger partial charge on any atom is -0.349 e. The zero-order valence-electron chi connectivity index (χ0n) is 19.2. The molecule has 2 aromatic carbocycles. The van der Waals surface area contributed by atoms with Crippen molar-refractivity contribution >= 4 is 21.8 Å². The average molecular weight is 470 g/mol. The number of amides is 2. The lowest BCUT2D eigenvalue weighted by Gasteiger charge is -2.34. The Morgan fingerprint density at radius 3 is 2.48 bits per heavy atom. The van der Waals surface area contributed by atoms with E-state index >= 15 is 0 Å². The van der Waals surface area contributed by atoms with Crippen molar-refractivity contribution < 1.29 is 18.0 Å². The van der Waals surface area contributed by atoms with Crippen LogP contribution in [0.2, 0.25) is 0 Å². The summed E-state index contributed by atoms with van der Waals surface area (Å²) in [7, 11) is -3.60. The molecule has 0 bridgehead atoms. The Kier molecular flexibility index (Phi) is 6.86. The van der Waals surface area contributed by atoms with Gasteiger partial charge in [-0.3, -0.25) is 9.59 Å². The summed E-state index contributed by atoms with van der Waals surface area (Å²) in [6.45, 7) is 4.85. The maximum atomic E-state index is 13.1. The van der Waals surface area contributed by atoms with Crippen LogP contribution in [0.3, 0.4) is 0 Å². The van der Waals surface area contributed by atoms with Gasteiger partial charge in [-0.2, -0.15) is 4.31 Å². The molecule has 8 heteroatoms. The minimum absolute atomic E-state index is 0.0163. The van der Waals surface area contributed by atoms with Crippen molar-refractivity contribution in [1.82, 2.24) is 14.5 Å². The molecule has 1 saturated heterocycles. The number of nitrogens with zero attached hydrogens (tertiary/aromatic N) is 2. The second kappa shape index (κ2) is 9.65. The Morgan fingerprint density at radius 2 is 1.73 bits per heavy atom. The highest BCUT2D eigenvalue weighted by atomic mass is 32.2. The van der Waals surface area contributed by atoms with Crippen molar-refractivity contribution in [2.75, 3.05) is 26.2 Å². The van der Waals surface area contributed by atoms with E-state index in [-0.39, 0.29) is 43.8 Å². The lowest BCUT2D eigenvalue weighted by atomic mass is 10.1. The summed E-state index contributed by atoms with van der Waals surface area (Å²) in [5, 5.41) is 3.05. The van der Waals surface area contributed by atoms with Crippen LogP contribution >= 0.6 is 0 Å². The summed E-state index contributed by atoms with van der Waals surface area (Å²) in [6, 6.07) is 13.5. The summed E-state index contributed by atoms with van der Waals surface area (Å²) >= 11 is 0. The number of carbonyl (C=O) groups is 2. The number of rotatable bonds is 6. The van der Waals surface area contributed by atoms with E-state index in [2.05, 4.69) is 11.4 Å². The van der Waals surface area contributed by atoms with Gasteiger partial charge in [0.05, 0.1) is 10.9 Å². The summed E-state index contributed by atoms with van der Waals surface area (Å²) in [6.07, 6.45) is 2.10. The fraction of sp³-hybridized carbons (Fsp3) is 0.440. The van der Waals surface area contributed by atoms with Crippen LogP contribution in [-0.4, -0.2) is 55.6 Å². The molecule has 7 nitrogen and oxygen atoms in total. The number of hydrogen-bond donors (Lipinski definition) is 1. The lowest BCUT2D eigenvalue weighted by Crippen LogP contribution is -2.50. The first-order valence-corrected chi connectivity index (χ1v) is 12.9. The van der Waals surface area contributed by atoms with Crippen LogP contribution in [0.25, 0.3) is 0 Å². The van der Waals surface area contributed by atoms with Gasteiger partial charge >= 0.3 is 0 Å². The molecule has 2 aliphatic rings. The molecule has 1 atom stereocenters. The van der Waals surface area contributed by atoms with E-state index in [1.807, 2.05) is 37.3 Å². The van der Waals surface area contributed by atoms with Gasteiger partial charge in [-0.25, -0.2) is 8.42 Å². The predicted octanol–water partition coefficient (Wildman–Crippen LogP) is 2.72. The smallest absolute Gasteiger partial charge is 0.243 e. The maximum Gasteiger partial charge on any atom is 0.243 e. The number of carbonyl (C=O) groups excluding carboxylic acids is 2. The summed E-state index contributed by atoms with van der Waals surface area (Å²) in [5.74, 6) is -0.234. The number of benzene rings is 2. The largest absolute Gasteiger partial charge is 0.349 e. The molecule has 176 valence electrons. The zero-order chi connectivity index (χ0) is 23.6. The van der Waals surface area contributed by atoms with Crippen LogP contribution in [0.1, 0.15) is 47.6 Å². The van der Waals surface area contributed by atoms with E-state index in [1.165, 1.54) is 15.4 Å². The Morgan fingerprint density at radius 1 is 1.00 bits per heavy atom. The maximum absolute atomic E-state index is 13.1. The number of nitrogens with one attached hydrogen (secondary N) is 1. The predicted molar refractivity (Wildman–Crippen MR) is 126 cm³/mol. The average Bonchev–Trinajstić information content (AvgIpc) is 3.22. The summed E-state index contributed by atoms with van der Waals surface area (Å²) < 4.78 is 27.6. The van der Waals surface area contributed by atoms with Crippen molar-refractivity contribution in [3.8, 4) is 0 Å². The first-order valence-electron chi connectivity index (χ1n) is 11.5. The van der Waals surface area contributed by atoms with Crippen molar-refractivity contribution in [2.24, 2.45) is 0 Å². The normalized spacial score (nSPS) is 18.7. The van der Waals surface area contributed by atoms with Gasteiger partial charge < -0.3 is 10.2 Å². The first-order chi connectivity index (χ1) is 15.8. The lowest BCUT2D eigenvalue weighted by molar-refractivity contribution is -0.134. The van der Waals surface area contributed by atoms with Crippen molar-refractivity contribution in [3.63, 3.8) is 0 Å². The number of piperazine rings is 1. The van der Waals surface area contributed by atoms with E-state index in [1.54, 1.807) is 17.9 Å². The van der Waals surface area contributed by atoms with E-state index < -0.39 is 10.0 Å². The molecule has 33 heavy (non-hydrogen) atoms. The second-order valence-corrected chi connectivity index (χ2v) is 10.8. The summed E-state index contributed by atoms with van der Waals surface area (Å²) in [4.78, 5) is 27.1. The third-order valence-electron chi connectivity index (χ3n) is 6.59. The minimum atomic E-state index is -3.60. The highest BCUT2D eigenvalue weighted by molar-refractivity contribution is 7.89. The monoisotopic (exact) mass is 469 g/mol. The standard InChI is InChI=1S/C25H31N3O4S/c1-18-7-8-19(2)23(17-18)33(31,32)28-15-13-27(14-16-28)25(30)12-11-24(29)26-22-10-9-20-5-3-4-6-21(20)22/h3-8,17,22H,9-16H2,1-2H3,(H,26,29). The van der Waals surface area contributed by atoms with Crippen LogP contribution in [0.4, 0.5) is 0 Å². The van der Waals surface area contributed by atoms with Gasteiger partial charge in [0.2, 0.25) is 21.8 Å². The Balaban J connectivity index is 1.27. The van der Waals surface area contributed by atoms with Gasteiger partial charge in [0.15, 0.2) is 0 Å². The van der Waals surface area contributed by atoms with Gasteiger partial charge in [0.1, 0.15) is 0 Å². The Labute approximate surface area is 195 Å². The van der Waals surface area contributed by atoms with Crippen LogP contribution < -0.4 is 5.32 Å². The molecule has 1 aliphatic heterocycles. The number of aryl methyl sites for hydroxylation is 3. The first kappa shape index (κ1) is 23.4. The number of sulfonamides is 1. The fourth-order valence-corrected chi connectivity index (χ4v) is 6.39. The SMILES string of the molecule is Cc1ccc(C)c(S(=O)(=O)N2CCN(C(=O)CCC(=O)NC3CCc4ccccc43)CC2)c1. The van der Waals surface area contributed by atoms with Crippen molar-refractivity contribution in [2.45, 2.75) is 50.5 Å². The highest BCUT2D eigenvalue weighted by Gasteiger charge is 2.31. The van der Waals surface area contributed by atoms with Gasteiger partial charge in [-0.15, -0.1) is 0 Å². The molecule has 1 aliphatic carbocycles. The molecule has 2 amide bonds. The quantitative estimate of drug-likeness (QED) is 0.705. The van der Waals surface area contributed by atoms with E-state index in [9.17, 15) is 18.0 Å². The molecule has 4 rings (SSSR count). The number of hydrogen-bond acceptors (Lipinski definition) is 4. The van der Waals surface area contributed by atoms with E-state index in [4.69, 9.17) is 0 Å². The van der Waals surface area contributed by atoms with Gasteiger partial charge in [-0.1, -0.05) is 36.4 Å². The molecule has 0 spiro atoms. The molecule has 1 heterocycles. The van der Waals surface area contributed by atoms with Crippen molar-refractivity contribution in [1.29, 1.82) is 0 Å². The van der Waals surface area contributed by atoms with Crippen molar-refractivity contribution in [3.05, 3.63) is 64.7 Å². The van der Waals surface area contributed by atoms with E-state index in [0.29, 0.717) is 18.0 Å². The van der Waals surface area contributed by atoms with E-state index in [0.717, 1.165) is 24.0 Å². The molecular weight excluding hydrogens is 438 g/mol. The topological polar surface area (TPSA) is 86.8 Å². The van der Waals surface area contributed by atoms with Gasteiger partial charge in [0, 0.05) is 39.0 Å². The third kappa shape index (κ3) is 5.12. The number of fused-ring (bicyclic) bond motifs is 1. The molecule has 0 aromatic heterocycles. The van der Waals surface area contributed by atoms with Crippen LogP contribution in [0.5, 0.6) is 0 Å². The molecular formula is C25H31N3O4S. The van der Waals surface area contributed by atoms with Crippen LogP contribution in [0.15, 0.2) is 47.4 Å². The van der Waals surface area contributed by atoms with Crippen LogP contribution in [-0.2, 0) is 26.0 Å². The molecule has 2 aromatic rings. The second-order valence-electron chi connectivity index (χ2n) is 8.91. The van der Waals surface area contributed by atoms with Gasteiger partial charge in [-0.05, 0) is 55.0 Å². The molecule has 1 N–H and O–H groups in total. The Hall–Kier alpha value is -2.71. The zero-order valence-corrected chi connectivity index (χ0v) is 20.0.